The fraction of sp³-hybridized carbons (Fsp3) is 0.389. The second kappa shape index (κ2) is 8.11. The highest BCUT2D eigenvalue weighted by atomic mass is 32.1. The molecule has 0 aliphatic rings. The van der Waals surface area contributed by atoms with E-state index in [4.69, 9.17) is 4.74 Å². The van der Waals surface area contributed by atoms with Gasteiger partial charge in [-0.25, -0.2) is 4.98 Å². The van der Waals surface area contributed by atoms with Crippen LogP contribution in [-0.2, 0) is 10.2 Å². The van der Waals surface area contributed by atoms with Crippen LogP contribution in [0.1, 0.15) is 42.4 Å². The maximum Gasteiger partial charge on any atom is 0.267 e. The fourth-order valence-electron chi connectivity index (χ4n) is 1.95. The van der Waals surface area contributed by atoms with E-state index in [1.807, 2.05) is 6.92 Å². The Kier molecular flexibility index (Phi) is 6.14. The molecule has 0 saturated carbocycles. The molecule has 1 heterocycles. The van der Waals surface area contributed by atoms with Crippen molar-refractivity contribution in [2.75, 3.05) is 18.5 Å². The molecule has 0 radical (unpaired) electrons. The molecule has 1 aromatic heterocycles. The van der Waals surface area contributed by atoms with Crippen LogP contribution in [0.15, 0.2) is 30.5 Å². The van der Waals surface area contributed by atoms with Gasteiger partial charge in [-0.3, -0.25) is 9.59 Å². The fourth-order valence-corrected chi connectivity index (χ4v) is 2.82. The second-order valence-corrected chi connectivity index (χ2v) is 7.53. The summed E-state index contributed by atoms with van der Waals surface area (Å²) in [7, 11) is 0. The van der Waals surface area contributed by atoms with Crippen molar-refractivity contribution in [3.63, 3.8) is 0 Å². The molecule has 2 amide bonds. The van der Waals surface area contributed by atoms with Crippen molar-refractivity contribution in [3.8, 4) is 5.75 Å². The van der Waals surface area contributed by atoms with E-state index in [2.05, 4.69) is 36.4 Å². The normalized spacial score (nSPS) is 11.0. The number of likely N-dealkylation sites (N-methyl/N-ethyl adjacent to an activating group) is 1. The minimum atomic E-state index is -0.191. The number of nitrogens with zero attached hydrogens (tertiary/aromatic N) is 1. The molecule has 0 aliphatic carbocycles. The molecule has 134 valence electrons. The first-order chi connectivity index (χ1) is 11.8. The number of nitrogens with one attached hydrogen (secondary N) is 2. The lowest BCUT2D eigenvalue weighted by atomic mass is 9.98. The Morgan fingerprint density at radius 3 is 2.44 bits per heavy atom. The number of hydrogen-bond donors (Lipinski definition) is 2. The van der Waals surface area contributed by atoms with Crippen molar-refractivity contribution >= 4 is 28.8 Å². The van der Waals surface area contributed by atoms with Gasteiger partial charge in [0.05, 0.1) is 11.2 Å². The number of ether oxygens (including phenoxy) is 1. The van der Waals surface area contributed by atoms with Gasteiger partial charge < -0.3 is 15.4 Å². The molecule has 2 N–H and O–H groups in total. The zero-order chi connectivity index (χ0) is 18.4. The van der Waals surface area contributed by atoms with Gasteiger partial charge in [0, 0.05) is 17.6 Å². The Morgan fingerprint density at radius 2 is 1.88 bits per heavy atom. The number of thiazole rings is 1. The molecule has 7 heteroatoms. The van der Waals surface area contributed by atoms with Gasteiger partial charge in [0.1, 0.15) is 10.6 Å². The third-order valence-electron chi connectivity index (χ3n) is 3.23. The van der Waals surface area contributed by atoms with Gasteiger partial charge in [-0.2, -0.15) is 0 Å². The topological polar surface area (TPSA) is 80.3 Å². The van der Waals surface area contributed by atoms with E-state index in [1.165, 1.54) is 11.3 Å². The van der Waals surface area contributed by atoms with Gasteiger partial charge in [0.25, 0.3) is 11.8 Å². The summed E-state index contributed by atoms with van der Waals surface area (Å²) in [6, 6.07) is 6.89. The number of carbonyl (C=O) groups excluding carboxylic acids is 2. The minimum Gasteiger partial charge on any atom is -0.484 e. The molecule has 0 saturated heterocycles. The van der Waals surface area contributed by atoms with Crippen LogP contribution < -0.4 is 15.4 Å². The lowest BCUT2D eigenvalue weighted by Gasteiger charge is -2.13. The maximum absolute atomic E-state index is 12.3. The Hall–Kier alpha value is -2.41. The van der Waals surface area contributed by atoms with E-state index < -0.39 is 0 Å². The van der Waals surface area contributed by atoms with Gasteiger partial charge in [0.2, 0.25) is 0 Å². The van der Waals surface area contributed by atoms with Crippen molar-refractivity contribution in [1.29, 1.82) is 0 Å². The first-order valence-electron chi connectivity index (χ1n) is 8.07. The van der Waals surface area contributed by atoms with Crippen LogP contribution in [0.2, 0.25) is 0 Å². The third kappa shape index (κ3) is 5.56. The predicted octanol–water partition coefficient (Wildman–Crippen LogP) is 3.21. The van der Waals surface area contributed by atoms with Gasteiger partial charge >= 0.3 is 0 Å². The maximum atomic E-state index is 12.3. The van der Waals surface area contributed by atoms with Gasteiger partial charge in [0.15, 0.2) is 6.61 Å². The summed E-state index contributed by atoms with van der Waals surface area (Å²) in [5.74, 6) is 0.209. The molecule has 2 aromatic rings. The van der Waals surface area contributed by atoms with E-state index in [-0.39, 0.29) is 23.8 Å². The molecule has 6 nitrogen and oxygen atoms in total. The third-order valence-corrected chi connectivity index (χ3v) is 4.65. The summed E-state index contributed by atoms with van der Waals surface area (Å²) in [5, 5.41) is 6.41. The number of benzene rings is 1. The minimum absolute atomic E-state index is 0.0318. The van der Waals surface area contributed by atoms with E-state index in [1.54, 1.807) is 30.5 Å². The molecule has 0 fully saturated rings. The quantitative estimate of drug-likeness (QED) is 0.828. The smallest absolute Gasteiger partial charge is 0.267 e. The van der Waals surface area contributed by atoms with Crippen LogP contribution in [0, 0.1) is 0 Å². The van der Waals surface area contributed by atoms with Crippen LogP contribution >= 0.6 is 11.3 Å². The average molecular weight is 361 g/mol. The SMILES string of the molecule is CCNC(=O)COc1ccc(NC(=O)c2cnc(C(C)(C)C)s2)cc1. The molecular formula is C18H23N3O3S. The second-order valence-electron chi connectivity index (χ2n) is 6.50. The Bertz CT molecular complexity index is 733. The summed E-state index contributed by atoms with van der Waals surface area (Å²) in [6.45, 7) is 8.58. The molecule has 25 heavy (non-hydrogen) atoms. The van der Waals surface area contributed by atoms with Gasteiger partial charge in [-0.1, -0.05) is 20.8 Å². The first-order valence-corrected chi connectivity index (χ1v) is 8.88. The van der Waals surface area contributed by atoms with Crippen molar-refractivity contribution in [1.82, 2.24) is 10.3 Å². The van der Waals surface area contributed by atoms with E-state index >= 15 is 0 Å². The largest absolute Gasteiger partial charge is 0.484 e. The number of amides is 2. The lowest BCUT2D eigenvalue weighted by Crippen LogP contribution is -2.28. The Balaban J connectivity index is 1.93. The number of rotatable bonds is 6. The number of hydrogen-bond acceptors (Lipinski definition) is 5. The Labute approximate surface area is 151 Å². The molecule has 0 unspecified atom stereocenters. The molecule has 0 bridgehead atoms. The molecule has 0 aliphatic heterocycles. The highest BCUT2D eigenvalue weighted by Crippen LogP contribution is 2.27. The van der Waals surface area contributed by atoms with Gasteiger partial charge in [-0.05, 0) is 31.2 Å². The summed E-state index contributed by atoms with van der Waals surface area (Å²) in [6.07, 6.45) is 1.60. The number of anilines is 1. The van der Waals surface area contributed by atoms with Crippen LogP contribution in [0.25, 0.3) is 0 Å². The first kappa shape index (κ1) is 18.9. The summed E-state index contributed by atoms with van der Waals surface area (Å²) >= 11 is 1.39. The summed E-state index contributed by atoms with van der Waals surface area (Å²) < 4.78 is 5.37. The zero-order valence-corrected chi connectivity index (χ0v) is 15.7. The molecule has 1 aromatic carbocycles. The summed E-state index contributed by atoms with van der Waals surface area (Å²) in [4.78, 5) is 28.6. The van der Waals surface area contributed by atoms with Crippen molar-refractivity contribution in [2.24, 2.45) is 0 Å². The van der Waals surface area contributed by atoms with Gasteiger partial charge in [-0.15, -0.1) is 11.3 Å². The standard InChI is InChI=1S/C18H23N3O3S/c1-5-19-15(22)11-24-13-8-6-12(7-9-13)21-16(23)14-10-20-17(25-14)18(2,3)4/h6-10H,5,11H2,1-4H3,(H,19,22)(H,21,23). The lowest BCUT2D eigenvalue weighted by molar-refractivity contribution is -0.122. The molecule has 0 atom stereocenters. The monoisotopic (exact) mass is 361 g/mol. The number of aromatic nitrogens is 1. The molecular weight excluding hydrogens is 338 g/mol. The zero-order valence-electron chi connectivity index (χ0n) is 14.9. The van der Waals surface area contributed by atoms with Crippen LogP contribution in [0.5, 0.6) is 5.75 Å². The van der Waals surface area contributed by atoms with Crippen LogP contribution in [-0.4, -0.2) is 29.9 Å². The van der Waals surface area contributed by atoms with Crippen molar-refractivity contribution in [3.05, 3.63) is 40.3 Å². The van der Waals surface area contributed by atoms with E-state index in [9.17, 15) is 9.59 Å². The van der Waals surface area contributed by atoms with E-state index in [0.29, 0.717) is 22.9 Å². The Morgan fingerprint density at radius 1 is 1.20 bits per heavy atom. The highest BCUT2D eigenvalue weighted by Gasteiger charge is 2.20. The highest BCUT2D eigenvalue weighted by molar-refractivity contribution is 7.13. The average Bonchev–Trinajstić information content (AvgIpc) is 3.05. The van der Waals surface area contributed by atoms with E-state index in [0.717, 1.165) is 5.01 Å². The van der Waals surface area contributed by atoms with Crippen molar-refractivity contribution < 1.29 is 14.3 Å². The predicted molar refractivity (Wildman–Crippen MR) is 99.4 cm³/mol. The molecule has 0 spiro atoms. The van der Waals surface area contributed by atoms with Crippen LogP contribution in [0.3, 0.4) is 0 Å². The number of carbonyl (C=O) groups is 2. The summed E-state index contributed by atoms with van der Waals surface area (Å²) in [5.41, 5.74) is 0.577. The van der Waals surface area contributed by atoms with Crippen molar-refractivity contribution in [2.45, 2.75) is 33.1 Å². The van der Waals surface area contributed by atoms with Crippen LogP contribution in [0.4, 0.5) is 5.69 Å². The molecule has 2 rings (SSSR count).